The zero-order valence-electron chi connectivity index (χ0n) is 8.51. The number of hydrogen-bond acceptors (Lipinski definition) is 2. The van der Waals surface area contributed by atoms with E-state index in [0.29, 0.717) is 6.10 Å². The van der Waals surface area contributed by atoms with Gasteiger partial charge in [0.05, 0.1) is 6.10 Å². The summed E-state index contributed by atoms with van der Waals surface area (Å²) in [6.45, 7) is 6.01. The lowest BCUT2D eigenvalue weighted by atomic mass is 10.2. The van der Waals surface area contributed by atoms with Crippen LogP contribution in [0, 0.1) is 0 Å². The largest absolute Gasteiger partial charge is 0.378 e. The number of nitrogens with two attached hydrogens (primary N) is 1. The standard InChI is InChI=1S/C10H23NO/c1-3-5-6-9-12-10(4-2)7-8-11/h10H,3-9,11H2,1-2H3. The molecule has 0 fully saturated rings. The van der Waals surface area contributed by atoms with E-state index in [9.17, 15) is 0 Å². The number of unbranched alkanes of at least 4 members (excludes halogenated alkanes) is 2. The summed E-state index contributed by atoms with van der Waals surface area (Å²) in [6, 6.07) is 0. The van der Waals surface area contributed by atoms with Gasteiger partial charge in [-0.15, -0.1) is 0 Å². The third kappa shape index (κ3) is 6.62. The molecule has 0 aliphatic carbocycles. The first-order chi connectivity index (χ1) is 5.85. The van der Waals surface area contributed by atoms with Crippen LogP contribution in [0.5, 0.6) is 0 Å². The molecule has 0 rings (SSSR count). The van der Waals surface area contributed by atoms with Crippen LogP contribution in [-0.4, -0.2) is 19.3 Å². The number of rotatable bonds is 8. The van der Waals surface area contributed by atoms with Crippen LogP contribution in [0.4, 0.5) is 0 Å². The van der Waals surface area contributed by atoms with Crippen molar-refractivity contribution in [3.8, 4) is 0 Å². The fourth-order valence-corrected chi connectivity index (χ4v) is 1.19. The van der Waals surface area contributed by atoms with E-state index in [2.05, 4.69) is 13.8 Å². The lowest BCUT2D eigenvalue weighted by Crippen LogP contribution is -2.17. The third-order valence-electron chi connectivity index (χ3n) is 2.05. The lowest BCUT2D eigenvalue weighted by Gasteiger charge is -2.14. The SMILES string of the molecule is CCCCCOC(CC)CCN. The van der Waals surface area contributed by atoms with Crippen LogP contribution < -0.4 is 5.73 Å². The van der Waals surface area contributed by atoms with E-state index in [1.165, 1.54) is 19.3 Å². The summed E-state index contributed by atoms with van der Waals surface area (Å²) in [5.74, 6) is 0. The molecule has 0 aromatic carbocycles. The smallest absolute Gasteiger partial charge is 0.0584 e. The van der Waals surface area contributed by atoms with Gasteiger partial charge in [0.2, 0.25) is 0 Å². The van der Waals surface area contributed by atoms with Gasteiger partial charge in [-0.25, -0.2) is 0 Å². The number of ether oxygens (including phenoxy) is 1. The van der Waals surface area contributed by atoms with Crippen LogP contribution >= 0.6 is 0 Å². The molecule has 0 aliphatic heterocycles. The van der Waals surface area contributed by atoms with Gasteiger partial charge in [0.25, 0.3) is 0 Å². The van der Waals surface area contributed by atoms with Crippen molar-refractivity contribution in [1.82, 2.24) is 0 Å². The summed E-state index contributed by atoms with van der Waals surface area (Å²) in [4.78, 5) is 0. The Hall–Kier alpha value is -0.0800. The molecule has 12 heavy (non-hydrogen) atoms. The molecule has 1 unspecified atom stereocenters. The molecule has 1 atom stereocenters. The summed E-state index contributed by atoms with van der Waals surface area (Å²) in [5, 5.41) is 0. The van der Waals surface area contributed by atoms with E-state index in [1.54, 1.807) is 0 Å². The molecule has 0 radical (unpaired) electrons. The Morgan fingerprint density at radius 2 is 2.00 bits per heavy atom. The zero-order valence-corrected chi connectivity index (χ0v) is 8.51. The van der Waals surface area contributed by atoms with E-state index in [0.717, 1.165) is 26.0 Å². The highest BCUT2D eigenvalue weighted by molar-refractivity contribution is 4.55. The topological polar surface area (TPSA) is 35.2 Å². The Kier molecular flexibility index (Phi) is 8.95. The summed E-state index contributed by atoms with van der Waals surface area (Å²) >= 11 is 0. The average Bonchev–Trinajstić information content (AvgIpc) is 2.10. The third-order valence-corrected chi connectivity index (χ3v) is 2.05. The van der Waals surface area contributed by atoms with Crippen molar-refractivity contribution >= 4 is 0 Å². The van der Waals surface area contributed by atoms with Gasteiger partial charge in [0, 0.05) is 6.61 Å². The molecule has 0 saturated heterocycles. The molecule has 0 aromatic heterocycles. The Labute approximate surface area is 76.5 Å². The second-order valence-corrected chi connectivity index (χ2v) is 3.19. The maximum absolute atomic E-state index is 5.65. The van der Waals surface area contributed by atoms with Gasteiger partial charge >= 0.3 is 0 Å². The molecule has 74 valence electrons. The van der Waals surface area contributed by atoms with Crippen molar-refractivity contribution in [1.29, 1.82) is 0 Å². The Balaban J connectivity index is 3.19. The lowest BCUT2D eigenvalue weighted by molar-refractivity contribution is 0.0442. The molecular weight excluding hydrogens is 150 g/mol. The second kappa shape index (κ2) is 9.01. The molecule has 0 saturated carbocycles. The van der Waals surface area contributed by atoms with E-state index in [1.807, 2.05) is 0 Å². The summed E-state index contributed by atoms with van der Waals surface area (Å²) in [7, 11) is 0. The minimum absolute atomic E-state index is 0.395. The molecule has 2 heteroatoms. The minimum Gasteiger partial charge on any atom is -0.378 e. The van der Waals surface area contributed by atoms with Crippen molar-refractivity contribution in [2.24, 2.45) is 5.73 Å². The first-order valence-corrected chi connectivity index (χ1v) is 5.16. The van der Waals surface area contributed by atoms with Gasteiger partial charge in [-0.2, -0.15) is 0 Å². The van der Waals surface area contributed by atoms with Crippen LogP contribution in [0.3, 0.4) is 0 Å². The Morgan fingerprint density at radius 1 is 1.25 bits per heavy atom. The van der Waals surface area contributed by atoms with Gasteiger partial charge in [-0.3, -0.25) is 0 Å². The highest BCUT2D eigenvalue weighted by Crippen LogP contribution is 2.04. The quantitative estimate of drug-likeness (QED) is 0.572. The molecule has 2 nitrogen and oxygen atoms in total. The predicted octanol–water partition coefficient (Wildman–Crippen LogP) is 2.32. The van der Waals surface area contributed by atoms with Crippen LogP contribution in [0.2, 0.25) is 0 Å². The first-order valence-electron chi connectivity index (χ1n) is 5.16. The maximum atomic E-state index is 5.65. The highest BCUT2D eigenvalue weighted by Gasteiger charge is 2.03. The maximum Gasteiger partial charge on any atom is 0.0584 e. The highest BCUT2D eigenvalue weighted by atomic mass is 16.5. The van der Waals surface area contributed by atoms with Crippen LogP contribution in [0.25, 0.3) is 0 Å². The van der Waals surface area contributed by atoms with Gasteiger partial charge in [-0.05, 0) is 25.8 Å². The van der Waals surface area contributed by atoms with Gasteiger partial charge < -0.3 is 10.5 Å². The van der Waals surface area contributed by atoms with Crippen molar-refractivity contribution in [2.45, 2.75) is 52.1 Å². The monoisotopic (exact) mass is 173 g/mol. The average molecular weight is 173 g/mol. The molecule has 0 heterocycles. The van der Waals surface area contributed by atoms with Crippen molar-refractivity contribution in [3.63, 3.8) is 0 Å². The minimum atomic E-state index is 0.395. The fourth-order valence-electron chi connectivity index (χ4n) is 1.19. The van der Waals surface area contributed by atoms with E-state index >= 15 is 0 Å². The second-order valence-electron chi connectivity index (χ2n) is 3.19. The molecule has 0 aromatic rings. The molecule has 0 aliphatic rings. The fraction of sp³-hybridized carbons (Fsp3) is 1.00. The molecule has 0 bridgehead atoms. The van der Waals surface area contributed by atoms with Crippen LogP contribution in [0.15, 0.2) is 0 Å². The molecule has 0 spiro atoms. The Morgan fingerprint density at radius 3 is 2.50 bits per heavy atom. The van der Waals surface area contributed by atoms with Gasteiger partial charge in [0.15, 0.2) is 0 Å². The van der Waals surface area contributed by atoms with Crippen LogP contribution in [-0.2, 0) is 4.74 Å². The molecule has 0 amide bonds. The molecular formula is C10H23NO. The summed E-state index contributed by atoms with van der Waals surface area (Å²) in [5.41, 5.74) is 5.46. The predicted molar refractivity (Wildman–Crippen MR) is 53.2 cm³/mol. The zero-order chi connectivity index (χ0) is 9.23. The van der Waals surface area contributed by atoms with Gasteiger partial charge in [0.1, 0.15) is 0 Å². The van der Waals surface area contributed by atoms with E-state index in [4.69, 9.17) is 10.5 Å². The van der Waals surface area contributed by atoms with Crippen molar-refractivity contribution in [3.05, 3.63) is 0 Å². The summed E-state index contributed by atoms with van der Waals surface area (Å²) in [6.07, 6.45) is 6.21. The van der Waals surface area contributed by atoms with Crippen molar-refractivity contribution in [2.75, 3.05) is 13.2 Å². The Bertz CT molecular complexity index is 85.9. The first kappa shape index (κ1) is 11.9. The van der Waals surface area contributed by atoms with Crippen molar-refractivity contribution < 1.29 is 4.74 Å². The van der Waals surface area contributed by atoms with Gasteiger partial charge in [-0.1, -0.05) is 26.7 Å². The normalized spacial score (nSPS) is 13.2. The summed E-state index contributed by atoms with van der Waals surface area (Å²) < 4.78 is 5.65. The number of hydrogen-bond donors (Lipinski definition) is 1. The van der Waals surface area contributed by atoms with E-state index < -0.39 is 0 Å². The molecule has 2 N–H and O–H groups in total. The van der Waals surface area contributed by atoms with Crippen LogP contribution in [0.1, 0.15) is 46.0 Å². The van der Waals surface area contributed by atoms with E-state index in [-0.39, 0.29) is 0 Å².